The first-order valence-electron chi connectivity index (χ1n) is 8.11. The van der Waals surface area contributed by atoms with E-state index in [-0.39, 0.29) is 30.2 Å². The summed E-state index contributed by atoms with van der Waals surface area (Å²) < 4.78 is 5.65. The Hall–Kier alpha value is -1.34. The molecule has 22 heavy (non-hydrogen) atoms. The lowest BCUT2D eigenvalue weighted by Gasteiger charge is -2.37. The van der Waals surface area contributed by atoms with Gasteiger partial charge < -0.3 is 20.3 Å². The number of likely N-dealkylation sites (tertiary alicyclic amines) is 1. The lowest BCUT2D eigenvalue weighted by molar-refractivity contribution is -0.122. The monoisotopic (exact) mass is 312 g/mol. The SMILES string of the molecule is CNC(=O)CN1CCC(NC(=O)N2C[C@@H](C)O[C@@H](C)C2)CC1. The van der Waals surface area contributed by atoms with Gasteiger partial charge in [0.05, 0.1) is 18.8 Å². The average Bonchev–Trinajstić information content (AvgIpc) is 2.48. The minimum Gasteiger partial charge on any atom is -0.372 e. The minimum absolute atomic E-state index is 0.00625. The van der Waals surface area contributed by atoms with Crippen LogP contribution in [-0.2, 0) is 9.53 Å². The highest BCUT2D eigenvalue weighted by Crippen LogP contribution is 2.13. The molecule has 2 atom stereocenters. The quantitative estimate of drug-likeness (QED) is 0.770. The Morgan fingerprint density at radius 2 is 1.73 bits per heavy atom. The molecule has 0 aliphatic carbocycles. The van der Waals surface area contributed by atoms with Crippen molar-refractivity contribution in [3.05, 3.63) is 0 Å². The van der Waals surface area contributed by atoms with Crippen LogP contribution in [0.15, 0.2) is 0 Å². The molecule has 7 heteroatoms. The van der Waals surface area contributed by atoms with Crippen LogP contribution in [-0.4, -0.2) is 79.8 Å². The number of hydrogen-bond donors (Lipinski definition) is 2. The summed E-state index contributed by atoms with van der Waals surface area (Å²) in [5, 5.41) is 5.76. The molecule has 2 aliphatic heterocycles. The first-order chi connectivity index (χ1) is 10.5. The topological polar surface area (TPSA) is 73.9 Å². The number of amides is 3. The van der Waals surface area contributed by atoms with Gasteiger partial charge in [0.2, 0.25) is 5.91 Å². The molecule has 7 nitrogen and oxygen atoms in total. The molecule has 3 amide bonds. The predicted octanol–water partition coefficient (Wildman–Crippen LogP) is 0.0156. The Labute approximate surface area is 132 Å². The molecule has 2 rings (SSSR count). The lowest BCUT2D eigenvalue weighted by atomic mass is 10.1. The first kappa shape index (κ1) is 17.0. The van der Waals surface area contributed by atoms with Gasteiger partial charge in [0.1, 0.15) is 0 Å². The zero-order chi connectivity index (χ0) is 16.1. The number of rotatable bonds is 3. The largest absolute Gasteiger partial charge is 0.372 e. The molecule has 0 spiro atoms. The van der Waals surface area contributed by atoms with E-state index in [9.17, 15) is 9.59 Å². The predicted molar refractivity (Wildman–Crippen MR) is 83.6 cm³/mol. The van der Waals surface area contributed by atoms with Crippen molar-refractivity contribution in [1.82, 2.24) is 20.4 Å². The van der Waals surface area contributed by atoms with Gasteiger partial charge in [-0.2, -0.15) is 0 Å². The highest BCUT2D eigenvalue weighted by atomic mass is 16.5. The summed E-state index contributed by atoms with van der Waals surface area (Å²) in [6, 6.07) is 0.202. The molecule has 2 saturated heterocycles. The fourth-order valence-corrected chi connectivity index (χ4v) is 3.13. The van der Waals surface area contributed by atoms with E-state index in [0.717, 1.165) is 25.9 Å². The van der Waals surface area contributed by atoms with E-state index in [4.69, 9.17) is 4.74 Å². The molecular weight excluding hydrogens is 284 g/mol. The summed E-state index contributed by atoms with van der Waals surface area (Å²) in [7, 11) is 1.65. The fourth-order valence-electron chi connectivity index (χ4n) is 3.13. The second-order valence-electron chi connectivity index (χ2n) is 6.34. The normalized spacial score (nSPS) is 27.5. The van der Waals surface area contributed by atoms with Gasteiger partial charge in [0, 0.05) is 39.3 Å². The number of ether oxygens (including phenoxy) is 1. The fraction of sp³-hybridized carbons (Fsp3) is 0.867. The third-order valence-corrected chi connectivity index (χ3v) is 4.27. The summed E-state index contributed by atoms with van der Waals surface area (Å²) in [5.74, 6) is 0.0405. The molecule has 0 aromatic heterocycles. The Morgan fingerprint density at radius 3 is 2.27 bits per heavy atom. The first-order valence-corrected chi connectivity index (χ1v) is 8.11. The van der Waals surface area contributed by atoms with Crippen molar-refractivity contribution < 1.29 is 14.3 Å². The molecule has 2 N–H and O–H groups in total. The van der Waals surface area contributed by atoms with Crippen molar-refractivity contribution in [3.8, 4) is 0 Å². The van der Waals surface area contributed by atoms with E-state index in [1.54, 1.807) is 7.05 Å². The van der Waals surface area contributed by atoms with E-state index in [1.807, 2.05) is 18.7 Å². The van der Waals surface area contributed by atoms with Crippen molar-refractivity contribution in [2.45, 2.75) is 44.9 Å². The third-order valence-electron chi connectivity index (χ3n) is 4.27. The molecular formula is C15H28N4O3. The van der Waals surface area contributed by atoms with Crippen LogP contribution in [0.2, 0.25) is 0 Å². The molecule has 2 heterocycles. The van der Waals surface area contributed by atoms with Crippen LogP contribution < -0.4 is 10.6 Å². The maximum absolute atomic E-state index is 12.3. The smallest absolute Gasteiger partial charge is 0.317 e. The van der Waals surface area contributed by atoms with Gasteiger partial charge in [0.15, 0.2) is 0 Å². The maximum Gasteiger partial charge on any atom is 0.317 e. The molecule has 2 aliphatic rings. The number of carbonyl (C=O) groups excluding carboxylic acids is 2. The van der Waals surface area contributed by atoms with Crippen LogP contribution in [0.25, 0.3) is 0 Å². The number of urea groups is 1. The Balaban J connectivity index is 1.73. The van der Waals surface area contributed by atoms with Crippen LogP contribution in [0.1, 0.15) is 26.7 Å². The van der Waals surface area contributed by atoms with Crippen LogP contribution in [0, 0.1) is 0 Å². The van der Waals surface area contributed by atoms with Crippen LogP contribution >= 0.6 is 0 Å². The van der Waals surface area contributed by atoms with Gasteiger partial charge in [-0.3, -0.25) is 9.69 Å². The summed E-state index contributed by atoms with van der Waals surface area (Å²) in [6.45, 7) is 7.40. The zero-order valence-electron chi connectivity index (χ0n) is 13.8. The van der Waals surface area contributed by atoms with Crippen molar-refractivity contribution in [2.75, 3.05) is 39.8 Å². The minimum atomic E-state index is 0.00625. The highest BCUT2D eigenvalue weighted by molar-refractivity contribution is 5.77. The number of hydrogen-bond acceptors (Lipinski definition) is 4. The molecule has 0 unspecified atom stereocenters. The summed E-state index contributed by atoms with van der Waals surface area (Å²) in [5.41, 5.74) is 0. The number of nitrogens with zero attached hydrogens (tertiary/aromatic N) is 2. The summed E-state index contributed by atoms with van der Waals surface area (Å²) in [6.07, 6.45) is 1.95. The van der Waals surface area contributed by atoms with Crippen LogP contribution in [0.5, 0.6) is 0 Å². The van der Waals surface area contributed by atoms with Crippen molar-refractivity contribution >= 4 is 11.9 Å². The zero-order valence-corrected chi connectivity index (χ0v) is 13.8. The van der Waals surface area contributed by atoms with E-state index >= 15 is 0 Å². The Kier molecular flexibility index (Phi) is 6.02. The van der Waals surface area contributed by atoms with Gasteiger partial charge >= 0.3 is 6.03 Å². The number of carbonyl (C=O) groups is 2. The van der Waals surface area contributed by atoms with E-state index in [0.29, 0.717) is 19.6 Å². The van der Waals surface area contributed by atoms with Crippen molar-refractivity contribution in [3.63, 3.8) is 0 Å². The Bertz CT molecular complexity index is 386. The maximum atomic E-state index is 12.3. The van der Waals surface area contributed by atoms with E-state index < -0.39 is 0 Å². The molecule has 126 valence electrons. The average molecular weight is 312 g/mol. The third kappa shape index (κ3) is 4.84. The summed E-state index contributed by atoms with van der Waals surface area (Å²) in [4.78, 5) is 27.7. The van der Waals surface area contributed by atoms with Gasteiger partial charge in [-0.1, -0.05) is 0 Å². The molecule has 2 fully saturated rings. The molecule has 0 saturated carbocycles. The van der Waals surface area contributed by atoms with E-state index in [2.05, 4.69) is 15.5 Å². The number of morpholine rings is 1. The highest BCUT2D eigenvalue weighted by Gasteiger charge is 2.28. The lowest BCUT2D eigenvalue weighted by Crippen LogP contribution is -2.55. The Morgan fingerprint density at radius 1 is 1.14 bits per heavy atom. The molecule has 0 aromatic carbocycles. The molecule has 0 aromatic rings. The number of piperidine rings is 1. The van der Waals surface area contributed by atoms with Gasteiger partial charge in [-0.05, 0) is 26.7 Å². The molecule has 0 bridgehead atoms. The van der Waals surface area contributed by atoms with Crippen LogP contribution in [0.4, 0.5) is 4.79 Å². The van der Waals surface area contributed by atoms with Gasteiger partial charge in [0.25, 0.3) is 0 Å². The van der Waals surface area contributed by atoms with Crippen LogP contribution in [0.3, 0.4) is 0 Å². The van der Waals surface area contributed by atoms with Gasteiger partial charge in [-0.25, -0.2) is 4.79 Å². The second kappa shape index (κ2) is 7.78. The van der Waals surface area contributed by atoms with E-state index in [1.165, 1.54) is 0 Å². The van der Waals surface area contributed by atoms with Gasteiger partial charge in [-0.15, -0.1) is 0 Å². The second-order valence-corrected chi connectivity index (χ2v) is 6.34. The number of nitrogens with one attached hydrogen (secondary N) is 2. The molecule has 0 radical (unpaired) electrons. The summed E-state index contributed by atoms with van der Waals surface area (Å²) >= 11 is 0. The van der Waals surface area contributed by atoms with Crippen molar-refractivity contribution in [1.29, 1.82) is 0 Å². The standard InChI is InChI=1S/C15H28N4O3/c1-11-8-19(9-12(2)22-11)15(21)17-13-4-6-18(7-5-13)10-14(20)16-3/h11-13H,4-10H2,1-3H3,(H,16,20)(H,17,21)/t11-,12+. The number of likely N-dealkylation sites (N-methyl/N-ethyl adjacent to an activating group) is 1. The van der Waals surface area contributed by atoms with Crippen molar-refractivity contribution in [2.24, 2.45) is 0 Å².